The Balaban J connectivity index is 1.35. The van der Waals surface area contributed by atoms with Gasteiger partial charge < -0.3 is 36.6 Å². The molecule has 0 aromatic carbocycles. The van der Waals surface area contributed by atoms with Crippen molar-refractivity contribution in [3.05, 3.63) is 40.1 Å². The van der Waals surface area contributed by atoms with Crippen molar-refractivity contribution in [3.63, 3.8) is 0 Å². The number of fused-ring (bicyclic) bond motifs is 2. The summed E-state index contributed by atoms with van der Waals surface area (Å²) in [6.45, 7) is 0.882. The average molecular weight is 665 g/mol. The molecule has 5 rings (SSSR count). The lowest BCUT2D eigenvalue weighted by Gasteiger charge is -2.49. The minimum absolute atomic E-state index is 0.000194. The highest BCUT2D eigenvalue weighted by Gasteiger charge is 2.54. The minimum Gasteiger partial charge on any atom is -0.479 e. The lowest BCUT2D eigenvalue weighted by atomic mass is 10.1. The van der Waals surface area contributed by atoms with Gasteiger partial charge in [-0.3, -0.25) is 19.3 Å². The molecule has 1 fully saturated rings. The number of amides is 3. The van der Waals surface area contributed by atoms with Crippen molar-refractivity contribution in [3.8, 4) is 0 Å². The van der Waals surface area contributed by atoms with Gasteiger partial charge in [-0.15, -0.1) is 40.0 Å². The summed E-state index contributed by atoms with van der Waals surface area (Å²) in [6.07, 6.45) is -1.65. The Morgan fingerprint density at radius 3 is 2.68 bits per heavy atom. The number of aromatic nitrogens is 5. The Morgan fingerprint density at radius 1 is 1.25 bits per heavy atom. The van der Waals surface area contributed by atoms with Gasteiger partial charge in [0.15, 0.2) is 10.8 Å². The largest absolute Gasteiger partial charge is 0.512 e. The second-order valence-corrected chi connectivity index (χ2v) is 11.8. The summed E-state index contributed by atoms with van der Waals surface area (Å²) >= 11 is 3.45. The Morgan fingerprint density at radius 2 is 2.02 bits per heavy atom. The number of carboxylic acids is 1. The maximum absolute atomic E-state index is 13.2. The number of nitrogens with one attached hydrogen (secondary N) is 1. The van der Waals surface area contributed by atoms with Crippen LogP contribution in [0.1, 0.15) is 22.0 Å². The van der Waals surface area contributed by atoms with E-state index >= 15 is 0 Å². The predicted molar refractivity (Wildman–Crippen MR) is 153 cm³/mol. The fourth-order valence-corrected chi connectivity index (χ4v) is 7.04. The zero-order chi connectivity index (χ0) is 31.7. The summed E-state index contributed by atoms with van der Waals surface area (Å²) in [6, 6.07) is 0.573. The normalized spacial score (nSPS) is 18.1. The first kappa shape index (κ1) is 30.5. The molecule has 3 amide bonds. The van der Waals surface area contributed by atoms with Crippen molar-refractivity contribution in [1.29, 1.82) is 0 Å². The summed E-state index contributed by atoms with van der Waals surface area (Å²) in [7, 11) is 0. The number of nitrogens with zero attached hydrogens (tertiary/aromatic N) is 7. The number of aryl methyl sites for hydroxylation is 1. The number of carboxylic acid groups (broad SMARTS) is 2. The monoisotopic (exact) mass is 664 g/mol. The van der Waals surface area contributed by atoms with E-state index in [1.807, 2.05) is 0 Å². The topological polar surface area (TPSA) is 280 Å². The Hall–Kier alpha value is -4.96. The summed E-state index contributed by atoms with van der Waals surface area (Å²) in [5.41, 5.74) is 11.6. The summed E-state index contributed by atoms with van der Waals surface area (Å²) in [5.74, 6) is -3.64. The van der Waals surface area contributed by atoms with Crippen LogP contribution in [0.15, 0.2) is 33.1 Å². The van der Waals surface area contributed by atoms with E-state index in [9.17, 15) is 29.1 Å². The number of carbonyl (C=O) groups excluding carboxylic acids is 3. The fraction of sp³-hybridized carbons (Fsp3) is 0.273. The number of hydrogen-bond donors (Lipinski definition) is 5. The fourth-order valence-electron chi connectivity index (χ4n) is 3.99. The molecule has 3 aromatic heterocycles. The second-order valence-electron chi connectivity index (χ2n) is 8.85. The van der Waals surface area contributed by atoms with Gasteiger partial charge in [-0.1, -0.05) is 5.16 Å². The van der Waals surface area contributed by atoms with Gasteiger partial charge in [-0.2, -0.15) is 9.50 Å². The van der Waals surface area contributed by atoms with Gasteiger partial charge in [0.2, 0.25) is 18.3 Å². The number of aliphatic carboxylic acids is 1. The Kier molecular flexibility index (Phi) is 8.55. The Bertz CT molecular complexity index is 1770. The van der Waals surface area contributed by atoms with Gasteiger partial charge in [-0.05, 0) is 13.0 Å². The van der Waals surface area contributed by atoms with Gasteiger partial charge in [0, 0.05) is 28.2 Å². The molecule has 22 heteroatoms. The van der Waals surface area contributed by atoms with Crippen LogP contribution in [-0.4, -0.2) is 105 Å². The van der Waals surface area contributed by atoms with Gasteiger partial charge in [0.25, 0.3) is 23.5 Å². The maximum atomic E-state index is 13.2. The first-order valence-electron chi connectivity index (χ1n) is 12.1. The van der Waals surface area contributed by atoms with Crippen LogP contribution < -0.4 is 16.8 Å². The van der Waals surface area contributed by atoms with Crippen molar-refractivity contribution in [2.75, 3.05) is 23.8 Å². The molecule has 2 aliphatic heterocycles. The smallest absolute Gasteiger partial charge is 0.479 e. The molecule has 44 heavy (non-hydrogen) atoms. The van der Waals surface area contributed by atoms with Crippen LogP contribution in [0.25, 0.3) is 5.78 Å². The molecule has 0 aliphatic carbocycles. The van der Waals surface area contributed by atoms with E-state index < -0.39 is 53.6 Å². The number of anilines is 1. The van der Waals surface area contributed by atoms with E-state index in [1.54, 1.807) is 13.0 Å². The number of thiazole rings is 1. The summed E-state index contributed by atoms with van der Waals surface area (Å²) in [4.78, 5) is 78.3. The maximum Gasteiger partial charge on any atom is 0.512 e. The highest BCUT2D eigenvalue weighted by molar-refractivity contribution is 8.01. The standard InChI is InChI=1S/C22H20N10O9S3/c1-7-2-10(32-21(25-7)28-15(29-32)14(23)35)42-4-8-5-43-19-13(17(37)31(19)18(8)41-22(38)39)27-16(36)12(30-40-3-11(33)34)9-6-44-20(24)26-9/h2,6,13,19H,3-5H2,1H3,(H2,23,35)(H2,24,26)(H,27,36)(H,33,34)(H,38,39)/b30-12-/t13-,19-/m1/s1. The number of nitrogen functional groups attached to an aromatic ring is 1. The molecule has 19 nitrogen and oxygen atoms in total. The van der Waals surface area contributed by atoms with E-state index in [2.05, 4.69) is 30.5 Å². The first-order valence-corrected chi connectivity index (χ1v) is 15.0. The second kappa shape index (κ2) is 12.3. The van der Waals surface area contributed by atoms with Crippen LogP contribution in [0, 0.1) is 6.92 Å². The number of oxime groups is 1. The molecule has 0 bridgehead atoms. The third kappa shape index (κ3) is 6.21. The van der Waals surface area contributed by atoms with E-state index in [4.69, 9.17) is 26.1 Å². The molecule has 5 heterocycles. The summed E-state index contributed by atoms with van der Waals surface area (Å²) in [5, 5.41) is 29.7. The number of thioether (sulfide) groups is 2. The molecular weight excluding hydrogens is 645 g/mol. The van der Waals surface area contributed by atoms with Crippen LogP contribution in [0.3, 0.4) is 0 Å². The van der Waals surface area contributed by atoms with Crippen LogP contribution in [0.4, 0.5) is 9.93 Å². The molecular formula is C22H20N10O9S3. The van der Waals surface area contributed by atoms with Crippen molar-refractivity contribution in [1.82, 2.24) is 34.8 Å². The van der Waals surface area contributed by atoms with E-state index in [0.717, 1.165) is 16.2 Å². The number of primary amides is 1. The van der Waals surface area contributed by atoms with Gasteiger partial charge in [0.05, 0.1) is 0 Å². The number of ether oxygens (including phenoxy) is 1. The predicted octanol–water partition coefficient (Wildman–Crippen LogP) is -0.526. The molecule has 2 atom stereocenters. The summed E-state index contributed by atoms with van der Waals surface area (Å²) < 4.78 is 6.35. The molecule has 3 aromatic rings. The third-order valence-electron chi connectivity index (χ3n) is 5.81. The molecule has 2 aliphatic rings. The number of rotatable bonds is 11. The van der Waals surface area contributed by atoms with Gasteiger partial charge in [-0.25, -0.2) is 19.6 Å². The molecule has 1 saturated heterocycles. The van der Waals surface area contributed by atoms with E-state index in [1.165, 1.54) is 33.4 Å². The SMILES string of the molecule is Cc1cc(SCC2=C(OC(=O)O)N3C(=O)[C@@H](NC(=O)/C(=N\OCC(=O)O)c4csc(N)n4)[C@H]3SC2)n2nc(C(N)=O)nc2n1. The number of nitrogens with two attached hydrogens (primary N) is 2. The Labute approximate surface area is 257 Å². The van der Waals surface area contributed by atoms with Crippen LogP contribution in [-0.2, 0) is 24.0 Å². The van der Waals surface area contributed by atoms with E-state index in [-0.39, 0.29) is 39.8 Å². The highest BCUT2D eigenvalue weighted by atomic mass is 32.2. The van der Waals surface area contributed by atoms with Crippen molar-refractivity contribution in [2.45, 2.75) is 23.4 Å². The number of hydrogen-bond acceptors (Lipinski definition) is 16. The van der Waals surface area contributed by atoms with Gasteiger partial charge in [0.1, 0.15) is 22.1 Å². The minimum atomic E-state index is -1.65. The molecule has 0 saturated carbocycles. The van der Waals surface area contributed by atoms with Crippen LogP contribution in [0.5, 0.6) is 0 Å². The zero-order valence-electron chi connectivity index (χ0n) is 22.2. The molecule has 7 N–H and O–H groups in total. The lowest BCUT2D eigenvalue weighted by molar-refractivity contribution is -0.148. The number of carbonyl (C=O) groups is 5. The van der Waals surface area contributed by atoms with Crippen LogP contribution in [0.2, 0.25) is 0 Å². The van der Waals surface area contributed by atoms with Crippen LogP contribution >= 0.6 is 34.9 Å². The quantitative estimate of drug-likeness (QED) is 0.0430. The molecule has 0 radical (unpaired) electrons. The third-order valence-corrected chi connectivity index (χ3v) is 8.90. The van der Waals surface area contributed by atoms with E-state index in [0.29, 0.717) is 16.3 Å². The molecule has 0 spiro atoms. The number of β-lactam (4-membered cyclic amide) rings is 1. The lowest BCUT2D eigenvalue weighted by Crippen LogP contribution is -2.70. The zero-order valence-corrected chi connectivity index (χ0v) is 24.6. The highest BCUT2D eigenvalue weighted by Crippen LogP contribution is 2.42. The molecule has 0 unspecified atom stereocenters. The van der Waals surface area contributed by atoms with Crippen molar-refractivity contribution in [2.24, 2.45) is 10.9 Å². The van der Waals surface area contributed by atoms with Crippen molar-refractivity contribution < 1.29 is 43.8 Å². The molecule has 230 valence electrons. The van der Waals surface area contributed by atoms with Gasteiger partial charge >= 0.3 is 12.1 Å². The van der Waals surface area contributed by atoms with Crippen molar-refractivity contribution >= 4 is 81.3 Å². The average Bonchev–Trinajstić information content (AvgIpc) is 3.58. The first-order chi connectivity index (χ1) is 20.9.